The van der Waals surface area contributed by atoms with Gasteiger partial charge in [-0.05, 0) is 61.9 Å². The number of carbonyl (C=O) groups excluding carboxylic acids is 2. The molecule has 0 aliphatic carbocycles. The first-order valence-electron chi connectivity index (χ1n) is 8.48. The van der Waals surface area contributed by atoms with Crippen molar-refractivity contribution >= 4 is 46.4 Å². The minimum absolute atomic E-state index is 0.0732. The second-order valence-electron chi connectivity index (χ2n) is 6.30. The SMILES string of the molecule is O=C(CN1CCCC1C(=O)Nc1ccc(Cl)cc1Cl)Nc1ccc(F)cc1. The summed E-state index contributed by atoms with van der Waals surface area (Å²) >= 11 is 12.0. The summed E-state index contributed by atoms with van der Waals surface area (Å²) in [4.78, 5) is 26.7. The molecule has 1 aliphatic rings. The number of nitrogens with zero attached hydrogens (tertiary/aromatic N) is 1. The molecule has 1 atom stereocenters. The molecular weight excluding hydrogens is 392 g/mol. The van der Waals surface area contributed by atoms with Crippen LogP contribution in [0, 0.1) is 5.82 Å². The normalized spacial score (nSPS) is 16.9. The Labute approximate surface area is 166 Å². The number of hydrogen-bond donors (Lipinski definition) is 2. The van der Waals surface area contributed by atoms with Crippen molar-refractivity contribution in [2.75, 3.05) is 23.7 Å². The van der Waals surface area contributed by atoms with Gasteiger partial charge >= 0.3 is 0 Å². The van der Waals surface area contributed by atoms with E-state index < -0.39 is 6.04 Å². The smallest absolute Gasteiger partial charge is 0.241 e. The first-order valence-corrected chi connectivity index (χ1v) is 9.23. The highest BCUT2D eigenvalue weighted by Crippen LogP contribution is 2.27. The third-order valence-corrected chi connectivity index (χ3v) is 4.88. The second-order valence-corrected chi connectivity index (χ2v) is 7.14. The van der Waals surface area contributed by atoms with E-state index >= 15 is 0 Å². The van der Waals surface area contributed by atoms with E-state index in [1.54, 1.807) is 18.2 Å². The van der Waals surface area contributed by atoms with Crippen LogP contribution in [0.2, 0.25) is 10.0 Å². The number of amides is 2. The number of carbonyl (C=O) groups is 2. The molecule has 8 heteroatoms. The maximum absolute atomic E-state index is 12.9. The molecule has 2 amide bonds. The highest BCUT2D eigenvalue weighted by molar-refractivity contribution is 6.36. The fourth-order valence-electron chi connectivity index (χ4n) is 3.04. The molecule has 1 unspecified atom stereocenters. The summed E-state index contributed by atoms with van der Waals surface area (Å²) < 4.78 is 12.9. The van der Waals surface area contributed by atoms with Crippen LogP contribution in [0.1, 0.15) is 12.8 Å². The van der Waals surface area contributed by atoms with Gasteiger partial charge in [0.1, 0.15) is 5.82 Å². The number of halogens is 3. The van der Waals surface area contributed by atoms with Gasteiger partial charge in [0.15, 0.2) is 0 Å². The molecule has 142 valence electrons. The molecule has 0 bridgehead atoms. The fourth-order valence-corrected chi connectivity index (χ4v) is 3.49. The molecular formula is C19H18Cl2FN3O2. The summed E-state index contributed by atoms with van der Waals surface area (Å²) in [6.07, 6.45) is 1.47. The molecule has 27 heavy (non-hydrogen) atoms. The van der Waals surface area contributed by atoms with Crippen LogP contribution in [0.3, 0.4) is 0 Å². The van der Waals surface area contributed by atoms with Crippen LogP contribution in [-0.2, 0) is 9.59 Å². The molecule has 2 aromatic carbocycles. The Bertz CT molecular complexity index is 845. The molecule has 0 spiro atoms. The number of nitrogens with one attached hydrogen (secondary N) is 2. The molecule has 1 aliphatic heterocycles. The lowest BCUT2D eigenvalue weighted by molar-refractivity contribution is -0.122. The summed E-state index contributed by atoms with van der Waals surface area (Å²) in [7, 11) is 0. The number of rotatable bonds is 5. The minimum Gasteiger partial charge on any atom is -0.325 e. The average Bonchev–Trinajstić information content (AvgIpc) is 3.07. The molecule has 0 radical (unpaired) electrons. The lowest BCUT2D eigenvalue weighted by Crippen LogP contribution is -2.43. The van der Waals surface area contributed by atoms with E-state index in [9.17, 15) is 14.0 Å². The zero-order valence-electron chi connectivity index (χ0n) is 14.3. The zero-order chi connectivity index (χ0) is 19.4. The van der Waals surface area contributed by atoms with Gasteiger partial charge in [-0.2, -0.15) is 0 Å². The van der Waals surface area contributed by atoms with E-state index in [2.05, 4.69) is 10.6 Å². The van der Waals surface area contributed by atoms with Crippen molar-refractivity contribution in [3.63, 3.8) is 0 Å². The molecule has 5 nitrogen and oxygen atoms in total. The first kappa shape index (κ1) is 19.6. The third-order valence-electron chi connectivity index (χ3n) is 4.33. The van der Waals surface area contributed by atoms with Gasteiger partial charge in [0.25, 0.3) is 0 Å². The van der Waals surface area contributed by atoms with Gasteiger partial charge in [-0.3, -0.25) is 14.5 Å². The van der Waals surface area contributed by atoms with Crippen molar-refractivity contribution < 1.29 is 14.0 Å². The van der Waals surface area contributed by atoms with Gasteiger partial charge in [0.05, 0.1) is 23.3 Å². The van der Waals surface area contributed by atoms with Gasteiger partial charge in [-0.25, -0.2) is 4.39 Å². The van der Waals surface area contributed by atoms with E-state index in [1.165, 1.54) is 24.3 Å². The van der Waals surface area contributed by atoms with Crippen LogP contribution in [0.25, 0.3) is 0 Å². The Morgan fingerprint density at radius 1 is 1.11 bits per heavy atom. The van der Waals surface area contributed by atoms with Crippen LogP contribution >= 0.6 is 23.2 Å². The van der Waals surface area contributed by atoms with Crippen molar-refractivity contribution in [1.82, 2.24) is 4.90 Å². The third kappa shape index (κ3) is 5.19. The van der Waals surface area contributed by atoms with E-state index in [1.807, 2.05) is 4.90 Å². The van der Waals surface area contributed by atoms with Gasteiger partial charge in [0.2, 0.25) is 11.8 Å². The van der Waals surface area contributed by atoms with E-state index in [-0.39, 0.29) is 24.2 Å². The Kier molecular flexibility index (Phi) is 6.31. The van der Waals surface area contributed by atoms with Crippen LogP contribution in [0.4, 0.5) is 15.8 Å². The van der Waals surface area contributed by atoms with Crippen LogP contribution < -0.4 is 10.6 Å². The lowest BCUT2D eigenvalue weighted by atomic mass is 10.2. The maximum Gasteiger partial charge on any atom is 0.241 e. The van der Waals surface area contributed by atoms with Crippen molar-refractivity contribution in [2.24, 2.45) is 0 Å². The zero-order valence-corrected chi connectivity index (χ0v) is 15.9. The Morgan fingerprint density at radius 2 is 1.85 bits per heavy atom. The quantitative estimate of drug-likeness (QED) is 0.778. The highest BCUT2D eigenvalue weighted by Gasteiger charge is 2.32. The number of benzene rings is 2. The summed E-state index contributed by atoms with van der Waals surface area (Å²) in [5.41, 5.74) is 0.989. The van der Waals surface area contributed by atoms with Gasteiger partial charge in [-0.1, -0.05) is 23.2 Å². The van der Waals surface area contributed by atoms with Crippen molar-refractivity contribution in [3.05, 3.63) is 58.3 Å². The van der Waals surface area contributed by atoms with Crippen LogP contribution in [0.15, 0.2) is 42.5 Å². The molecule has 1 saturated heterocycles. The van der Waals surface area contributed by atoms with E-state index in [0.717, 1.165) is 6.42 Å². The van der Waals surface area contributed by atoms with Gasteiger partial charge in [0, 0.05) is 10.7 Å². The van der Waals surface area contributed by atoms with E-state index in [0.29, 0.717) is 34.4 Å². The summed E-state index contributed by atoms with van der Waals surface area (Å²) in [5.74, 6) is -0.845. The molecule has 2 aromatic rings. The van der Waals surface area contributed by atoms with Crippen LogP contribution in [-0.4, -0.2) is 35.8 Å². The summed E-state index contributed by atoms with van der Waals surface area (Å²) in [6, 6.07) is 9.95. The van der Waals surface area contributed by atoms with Crippen LogP contribution in [0.5, 0.6) is 0 Å². The highest BCUT2D eigenvalue weighted by atomic mass is 35.5. The molecule has 0 aromatic heterocycles. The Morgan fingerprint density at radius 3 is 2.56 bits per heavy atom. The molecule has 2 N–H and O–H groups in total. The molecule has 1 heterocycles. The summed E-state index contributed by atoms with van der Waals surface area (Å²) in [5, 5.41) is 6.34. The number of anilines is 2. The lowest BCUT2D eigenvalue weighted by Gasteiger charge is -2.23. The topological polar surface area (TPSA) is 61.4 Å². The Hall–Kier alpha value is -2.15. The van der Waals surface area contributed by atoms with Crippen molar-refractivity contribution in [1.29, 1.82) is 0 Å². The number of likely N-dealkylation sites (tertiary alicyclic amines) is 1. The molecule has 0 saturated carbocycles. The Balaban J connectivity index is 1.59. The van der Waals surface area contributed by atoms with Crippen molar-refractivity contribution in [3.8, 4) is 0 Å². The number of hydrogen-bond acceptors (Lipinski definition) is 3. The average molecular weight is 410 g/mol. The standard InChI is InChI=1S/C19H18Cl2FN3O2/c20-12-3-8-16(15(21)10-12)24-19(27)17-2-1-9-25(17)11-18(26)23-14-6-4-13(22)5-7-14/h3-8,10,17H,1-2,9,11H2,(H,23,26)(H,24,27). The first-order chi connectivity index (χ1) is 12.9. The summed E-state index contributed by atoms with van der Waals surface area (Å²) in [6.45, 7) is 0.715. The molecule has 1 fully saturated rings. The van der Waals surface area contributed by atoms with E-state index in [4.69, 9.17) is 23.2 Å². The minimum atomic E-state index is -0.421. The second kappa shape index (κ2) is 8.69. The predicted octanol–water partition coefficient (Wildman–Crippen LogP) is 4.17. The van der Waals surface area contributed by atoms with Gasteiger partial charge in [-0.15, -0.1) is 0 Å². The maximum atomic E-state index is 12.9. The van der Waals surface area contributed by atoms with Gasteiger partial charge < -0.3 is 10.6 Å². The molecule has 3 rings (SSSR count). The monoisotopic (exact) mass is 409 g/mol. The largest absolute Gasteiger partial charge is 0.325 e. The van der Waals surface area contributed by atoms with Crippen molar-refractivity contribution in [2.45, 2.75) is 18.9 Å². The predicted molar refractivity (Wildman–Crippen MR) is 105 cm³/mol. The fraction of sp³-hybridized carbons (Fsp3) is 0.263.